The molecule has 5 heteroatoms. The van der Waals surface area contributed by atoms with Gasteiger partial charge >= 0.3 is 0 Å². The monoisotopic (exact) mass is 362 g/mol. The maximum absolute atomic E-state index is 6.03. The minimum absolute atomic E-state index is 0.427. The van der Waals surface area contributed by atoms with Gasteiger partial charge in [0.05, 0.1) is 23.3 Å². The molecule has 2 heterocycles. The highest BCUT2D eigenvalue weighted by molar-refractivity contribution is 5.95. The molecule has 1 aliphatic rings. The van der Waals surface area contributed by atoms with Gasteiger partial charge in [0.1, 0.15) is 12.4 Å². The summed E-state index contributed by atoms with van der Waals surface area (Å²) in [5, 5.41) is 2.48. The van der Waals surface area contributed by atoms with Crippen LogP contribution in [0.25, 0.3) is 10.8 Å². The van der Waals surface area contributed by atoms with Crippen molar-refractivity contribution in [3.8, 4) is 5.75 Å². The van der Waals surface area contributed by atoms with Crippen molar-refractivity contribution in [1.82, 2.24) is 14.9 Å². The van der Waals surface area contributed by atoms with Gasteiger partial charge in [0.15, 0.2) is 0 Å². The summed E-state index contributed by atoms with van der Waals surface area (Å²) in [6, 6.07) is 12.8. The van der Waals surface area contributed by atoms with E-state index in [0.29, 0.717) is 6.61 Å². The van der Waals surface area contributed by atoms with Crippen molar-refractivity contribution in [2.24, 2.45) is 0 Å². The molecule has 1 fully saturated rings. The first-order chi connectivity index (χ1) is 13.1. The number of ether oxygens (including phenoxy) is 1. The van der Waals surface area contributed by atoms with Gasteiger partial charge in [0.25, 0.3) is 0 Å². The summed E-state index contributed by atoms with van der Waals surface area (Å²) in [5.74, 6) is 0.865. The van der Waals surface area contributed by atoms with E-state index < -0.39 is 0 Å². The molecule has 1 aromatic heterocycles. The molecule has 1 aliphatic heterocycles. The Morgan fingerprint density at radius 2 is 1.81 bits per heavy atom. The number of likely N-dealkylation sites (N-methyl/N-ethyl adjacent to an activating group) is 1. The summed E-state index contributed by atoms with van der Waals surface area (Å²) in [7, 11) is 2.18. The van der Waals surface area contributed by atoms with Crippen LogP contribution in [0.2, 0.25) is 0 Å². The maximum Gasteiger partial charge on any atom is 0.132 e. The van der Waals surface area contributed by atoms with Gasteiger partial charge in [-0.15, -0.1) is 0 Å². The van der Waals surface area contributed by atoms with E-state index in [4.69, 9.17) is 4.74 Å². The van der Waals surface area contributed by atoms with Gasteiger partial charge in [-0.25, -0.2) is 0 Å². The molecule has 0 bridgehead atoms. The second kappa shape index (κ2) is 7.53. The molecule has 0 saturated carbocycles. The quantitative estimate of drug-likeness (QED) is 0.710. The molecule has 3 aromatic rings. The summed E-state index contributed by atoms with van der Waals surface area (Å²) in [5.41, 5.74) is 4.05. The summed E-state index contributed by atoms with van der Waals surface area (Å²) >= 11 is 0. The molecule has 1 saturated heterocycles. The molecular formula is C22H26N4O. The van der Waals surface area contributed by atoms with Crippen molar-refractivity contribution in [2.45, 2.75) is 20.5 Å². The van der Waals surface area contributed by atoms with Crippen LogP contribution in [-0.2, 0) is 6.61 Å². The molecule has 0 unspecified atom stereocenters. The summed E-state index contributed by atoms with van der Waals surface area (Å²) in [4.78, 5) is 13.8. The van der Waals surface area contributed by atoms with Crippen LogP contribution in [0.4, 0.5) is 5.69 Å². The SMILES string of the molecule is Cc1ncc(COc2ccc3cccc(N4CCN(C)CC4)c3c2)nc1C. The van der Waals surface area contributed by atoms with Gasteiger partial charge in [-0.1, -0.05) is 18.2 Å². The third kappa shape index (κ3) is 3.88. The van der Waals surface area contributed by atoms with Gasteiger partial charge in [-0.2, -0.15) is 0 Å². The molecule has 0 radical (unpaired) electrons. The Morgan fingerprint density at radius 3 is 2.59 bits per heavy atom. The van der Waals surface area contributed by atoms with Crippen LogP contribution in [0.5, 0.6) is 5.75 Å². The normalized spacial score (nSPS) is 15.3. The topological polar surface area (TPSA) is 41.5 Å². The molecule has 0 spiro atoms. The van der Waals surface area contributed by atoms with Crippen LogP contribution in [0.15, 0.2) is 42.6 Å². The summed E-state index contributed by atoms with van der Waals surface area (Å²) in [6.07, 6.45) is 1.79. The van der Waals surface area contributed by atoms with E-state index in [1.165, 1.54) is 16.5 Å². The van der Waals surface area contributed by atoms with E-state index >= 15 is 0 Å². The number of fused-ring (bicyclic) bond motifs is 1. The smallest absolute Gasteiger partial charge is 0.132 e. The average molecular weight is 362 g/mol. The standard InChI is InChI=1S/C22H26N4O/c1-16-17(2)24-19(14-23-16)15-27-20-8-7-18-5-4-6-22(21(18)13-20)26-11-9-25(3)10-12-26/h4-8,13-14H,9-12,15H2,1-3H3. The van der Waals surface area contributed by atoms with Crippen LogP contribution >= 0.6 is 0 Å². The Labute approximate surface area is 160 Å². The van der Waals surface area contributed by atoms with Crippen molar-refractivity contribution < 1.29 is 4.74 Å². The molecule has 0 atom stereocenters. The number of aromatic nitrogens is 2. The fraction of sp³-hybridized carbons (Fsp3) is 0.364. The van der Waals surface area contributed by atoms with Crippen molar-refractivity contribution in [3.63, 3.8) is 0 Å². The molecule has 4 rings (SSSR count). The third-order valence-electron chi connectivity index (χ3n) is 5.30. The van der Waals surface area contributed by atoms with E-state index in [9.17, 15) is 0 Å². The first kappa shape index (κ1) is 17.7. The summed E-state index contributed by atoms with van der Waals surface area (Å²) < 4.78 is 6.03. The Balaban J connectivity index is 1.57. The highest BCUT2D eigenvalue weighted by Gasteiger charge is 2.16. The Bertz CT molecular complexity index is 948. The molecule has 27 heavy (non-hydrogen) atoms. The van der Waals surface area contributed by atoms with Crippen molar-refractivity contribution in [3.05, 3.63) is 59.7 Å². The predicted molar refractivity (Wildman–Crippen MR) is 109 cm³/mol. The van der Waals surface area contributed by atoms with Crippen LogP contribution in [0, 0.1) is 13.8 Å². The minimum atomic E-state index is 0.427. The van der Waals surface area contributed by atoms with Gasteiger partial charge in [-0.3, -0.25) is 9.97 Å². The van der Waals surface area contributed by atoms with Gasteiger partial charge in [0, 0.05) is 37.3 Å². The van der Waals surface area contributed by atoms with E-state index in [1.807, 2.05) is 19.9 Å². The lowest BCUT2D eigenvalue weighted by Crippen LogP contribution is -2.44. The first-order valence-electron chi connectivity index (χ1n) is 9.48. The van der Waals surface area contributed by atoms with E-state index in [-0.39, 0.29) is 0 Å². The van der Waals surface area contributed by atoms with Gasteiger partial charge < -0.3 is 14.5 Å². The number of hydrogen-bond acceptors (Lipinski definition) is 5. The predicted octanol–water partition coefficient (Wildman–Crippen LogP) is 3.58. The van der Waals surface area contributed by atoms with E-state index in [0.717, 1.165) is 49.0 Å². The number of nitrogens with zero attached hydrogens (tertiary/aromatic N) is 4. The molecule has 140 valence electrons. The number of aryl methyl sites for hydroxylation is 2. The van der Waals surface area contributed by atoms with Crippen LogP contribution in [0.3, 0.4) is 0 Å². The molecule has 0 aliphatic carbocycles. The van der Waals surface area contributed by atoms with Gasteiger partial charge in [-0.05, 0) is 44.5 Å². The molecular weight excluding hydrogens is 336 g/mol. The fourth-order valence-corrected chi connectivity index (χ4v) is 3.46. The Morgan fingerprint density at radius 1 is 1.00 bits per heavy atom. The molecule has 5 nitrogen and oxygen atoms in total. The maximum atomic E-state index is 6.03. The lowest BCUT2D eigenvalue weighted by atomic mass is 10.1. The van der Waals surface area contributed by atoms with Crippen LogP contribution in [-0.4, -0.2) is 48.1 Å². The Hall–Kier alpha value is -2.66. The number of rotatable bonds is 4. The molecule has 0 amide bonds. The third-order valence-corrected chi connectivity index (χ3v) is 5.30. The van der Waals surface area contributed by atoms with Crippen molar-refractivity contribution >= 4 is 16.5 Å². The lowest BCUT2D eigenvalue weighted by Gasteiger charge is -2.34. The zero-order valence-electron chi connectivity index (χ0n) is 16.3. The van der Waals surface area contributed by atoms with Crippen LogP contribution < -0.4 is 9.64 Å². The average Bonchev–Trinajstić information content (AvgIpc) is 2.69. The summed E-state index contributed by atoms with van der Waals surface area (Å²) in [6.45, 7) is 8.67. The number of hydrogen-bond donors (Lipinski definition) is 0. The number of piperazine rings is 1. The highest BCUT2D eigenvalue weighted by Crippen LogP contribution is 2.31. The lowest BCUT2D eigenvalue weighted by molar-refractivity contribution is 0.301. The molecule has 2 aromatic carbocycles. The number of benzene rings is 2. The largest absolute Gasteiger partial charge is 0.487 e. The van der Waals surface area contributed by atoms with Crippen molar-refractivity contribution in [1.29, 1.82) is 0 Å². The minimum Gasteiger partial charge on any atom is -0.487 e. The fourth-order valence-electron chi connectivity index (χ4n) is 3.46. The highest BCUT2D eigenvalue weighted by atomic mass is 16.5. The Kier molecular flexibility index (Phi) is 4.94. The zero-order chi connectivity index (χ0) is 18.8. The first-order valence-corrected chi connectivity index (χ1v) is 9.48. The van der Waals surface area contributed by atoms with E-state index in [2.05, 4.69) is 57.1 Å². The van der Waals surface area contributed by atoms with Crippen LogP contribution in [0.1, 0.15) is 17.1 Å². The molecule has 0 N–H and O–H groups in total. The second-order valence-electron chi connectivity index (χ2n) is 7.27. The number of anilines is 1. The zero-order valence-corrected chi connectivity index (χ0v) is 16.3. The second-order valence-corrected chi connectivity index (χ2v) is 7.27. The van der Waals surface area contributed by atoms with E-state index in [1.54, 1.807) is 6.20 Å². The van der Waals surface area contributed by atoms with Gasteiger partial charge in [0.2, 0.25) is 0 Å². The van der Waals surface area contributed by atoms with Crippen molar-refractivity contribution in [2.75, 3.05) is 38.1 Å².